The topological polar surface area (TPSA) is 38.0 Å². The summed E-state index contributed by atoms with van der Waals surface area (Å²) < 4.78 is 1.13. The number of nitrogens with two attached hydrogens (primary N) is 1. The molecular weight excluding hydrogens is 240 g/mol. The second kappa shape index (κ2) is 4.01. The van der Waals surface area contributed by atoms with Crippen molar-refractivity contribution in [1.29, 1.82) is 0 Å². The molecule has 1 aromatic carbocycles. The summed E-state index contributed by atoms with van der Waals surface area (Å²) in [4.78, 5) is 0. The van der Waals surface area contributed by atoms with Gasteiger partial charge in [0.15, 0.2) is 0 Å². The third-order valence-corrected chi connectivity index (χ3v) is 3.08. The van der Waals surface area contributed by atoms with Crippen LogP contribution in [-0.2, 0) is 6.54 Å². The molecule has 0 heterocycles. The van der Waals surface area contributed by atoms with E-state index in [0.29, 0.717) is 0 Å². The number of halogens is 1. The van der Waals surface area contributed by atoms with Gasteiger partial charge < -0.3 is 11.1 Å². The third kappa shape index (κ3) is 2.80. The highest BCUT2D eigenvalue weighted by Gasteiger charge is 2.37. The molecule has 1 fully saturated rings. The fourth-order valence-electron chi connectivity index (χ4n) is 1.44. The minimum absolute atomic E-state index is 0.103. The molecule has 0 atom stereocenters. The molecule has 0 bridgehead atoms. The van der Waals surface area contributed by atoms with Gasteiger partial charge in [-0.2, -0.15) is 0 Å². The summed E-state index contributed by atoms with van der Waals surface area (Å²) in [6.07, 6.45) is 2.33. The van der Waals surface area contributed by atoms with Crippen LogP contribution in [0.4, 0.5) is 0 Å². The Morgan fingerprint density at radius 1 is 1.43 bits per heavy atom. The van der Waals surface area contributed by atoms with Gasteiger partial charge in [-0.15, -0.1) is 0 Å². The van der Waals surface area contributed by atoms with Crippen LogP contribution in [-0.4, -0.2) is 12.1 Å². The van der Waals surface area contributed by atoms with Gasteiger partial charge in [0.25, 0.3) is 0 Å². The van der Waals surface area contributed by atoms with Gasteiger partial charge in [-0.25, -0.2) is 0 Å². The summed E-state index contributed by atoms with van der Waals surface area (Å²) in [6, 6.07) is 8.34. The van der Waals surface area contributed by atoms with E-state index in [1.807, 2.05) is 6.07 Å². The molecule has 3 heteroatoms. The molecular formula is C11H15BrN2. The van der Waals surface area contributed by atoms with Crippen LogP contribution in [0.2, 0.25) is 0 Å². The number of hydrogen-bond acceptors (Lipinski definition) is 2. The van der Waals surface area contributed by atoms with Crippen molar-refractivity contribution in [3.05, 3.63) is 34.3 Å². The lowest BCUT2D eigenvalue weighted by molar-refractivity contribution is 0.569. The van der Waals surface area contributed by atoms with Gasteiger partial charge in [0, 0.05) is 23.1 Å². The van der Waals surface area contributed by atoms with Crippen LogP contribution in [0.15, 0.2) is 28.7 Å². The average Bonchev–Trinajstić information content (AvgIpc) is 2.84. The van der Waals surface area contributed by atoms with Crippen molar-refractivity contribution in [3.8, 4) is 0 Å². The summed E-state index contributed by atoms with van der Waals surface area (Å²) >= 11 is 3.45. The SMILES string of the molecule is NC1(CNCc2cccc(Br)c2)CC1. The Bertz CT molecular complexity index is 321. The molecule has 14 heavy (non-hydrogen) atoms. The summed E-state index contributed by atoms with van der Waals surface area (Å²) in [7, 11) is 0. The van der Waals surface area contributed by atoms with Gasteiger partial charge >= 0.3 is 0 Å². The summed E-state index contributed by atoms with van der Waals surface area (Å²) in [5.74, 6) is 0. The maximum atomic E-state index is 5.97. The van der Waals surface area contributed by atoms with Crippen molar-refractivity contribution in [1.82, 2.24) is 5.32 Å². The van der Waals surface area contributed by atoms with E-state index in [1.165, 1.54) is 18.4 Å². The summed E-state index contributed by atoms with van der Waals surface area (Å²) in [6.45, 7) is 1.83. The van der Waals surface area contributed by atoms with Gasteiger partial charge in [-0.3, -0.25) is 0 Å². The van der Waals surface area contributed by atoms with E-state index in [1.54, 1.807) is 0 Å². The molecule has 0 radical (unpaired) electrons. The quantitative estimate of drug-likeness (QED) is 0.863. The molecule has 1 aliphatic rings. The molecule has 0 aromatic heterocycles. The first kappa shape index (κ1) is 10.1. The summed E-state index contributed by atoms with van der Waals surface area (Å²) in [5.41, 5.74) is 7.37. The van der Waals surface area contributed by atoms with E-state index >= 15 is 0 Å². The molecule has 1 aliphatic carbocycles. The second-order valence-corrected chi connectivity index (χ2v) is 5.01. The molecule has 3 N–H and O–H groups in total. The first-order chi connectivity index (χ1) is 6.68. The highest BCUT2D eigenvalue weighted by molar-refractivity contribution is 9.10. The average molecular weight is 255 g/mol. The molecule has 2 rings (SSSR count). The molecule has 1 aromatic rings. The Hall–Kier alpha value is -0.380. The third-order valence-electron chi connectivity index (χ3n) is 2.59. The molecule has 0 aliphatic heterocycles. The van der Waals surface area contributed by atoms with Crippen LogP contribution in [0.3, 0.4) is 0 Å². The van der Waals surface area contributed by atoms with Crippen LogP contribution in [0.25, 0.3) is 0 Å². The van der Waals surface area contributed by atoms with Gasteiger partial charge in [0.2, 0.25) is 0 Å². The van der Waals surface area contributed by atoms with E-state index in [0.717, 1.165) is 17.6 Å². The van der Waals surface area contributed by atoms with E-state index < -0.39 is 0 Å². The normalized spacial score (nSPS) is 18.1. The van der Waals surface area contributed by atoms with Crippen molar-refractivity contribution in [3.63, 3.8) is 0 Å². The van der Waals surface area contributed by atoms with E-state index in [-0.39, 0.29) is 5.54 Å². The molecule has 2 nitrogen and oxygen atoms in total. The largest absolute Gasteiger partial charge is 0.324 e. The predicted molar refractivity (Wildman–Crippen MR) is 62.0 cm³/mol. The molecule has 1 saturated carbocycles. The second-order valence-electron chi connectivity index (χ2n) is 4.10. The number of benzene rings is 1. The zero-order valence-corrected chi connectivity index (χ0v) is 9.68. The van der Waals surface area contributed by atoms with Crippen LogP contribution >= 0.6 is 15.9 Å². The van der Waals surface area contributed by atoms with Crippen molar-refractivity contribution in [2.45, 2.75) is 24.9 Å². The monoisotopic (exact) mass is 254 g/mol. The minimum atomic E-state index is 0.103. The highest BCUT2D eigenvalue weighted by atomic mass is 79.9. The van der Waals surface area contributed by atoms with Gasteiger partial charge in [-0.05, 0) is 30.5 Å². The smallest absolute Gasteiger partial charge is 0.0282 e. The fourth-order valence-corrected chi connectivity index (χ4v) is 1.89. The van der Waals surface area contributed by atoms with Gasteiger partial charge in [0.05, 0.1) is 0 Å². The van der Waals surface area contributed by atoms with Crippen LogP contribution in [0.1, 0.15) is 18.4 Å². The summed E-state index contributed by atoms with van der Waals surface area (Å²) in [5, 5.41) is 3.39. The number of rotatable bonds is 4. The van der Waals surface area contributed by atoms with Crippen LogP contribution in [0, 0.1) is 0 Å². The Morgan fingerprint density at radius 2 is 2.21 bits per heavy atom. The van der Waals surface area contributed by atoms with E-state index in [4.69, 9.17) is 5.73 Å². The van der Waals surface area contributed by atoms with Crippen LogP contribution < -0.4 is 11.1 Å². The Kier molecular flexibility index (Phi) is 2.91. The standard InChI is InChI=1S/C11H15BrN2/c12-10-3-1-2-9(6-10)7-14-8-11(13)4-5-11/h1-3,6,14H,4-5,7-8,13H2. The molecule has 0 spiro atoms. The predicted octanol–water partition coefficient (Wildman–Crippen LogP) is 2.03. The maximum absolute atomic E-state index is 5.97. The minimum Gasteiger partial charge on any atom is -0.324 e. The molecule has 76 valence electrons. The van der Waals surface area contributed by atoms with Crippen molar-refractivity contribution in [2.24, 2.45) is 5.73 Å². The first-order valence-electron chi connectivity index (χ1n) is 4.92. The maximum Gasteiger partial charge on any atom is 0.0282 e. The number of hydrogen-bond donors (Lipinski definition) is 2. The zero-order chi connectivity index (χ0) is 10.0. The Morgan fingerprint density at radius 3 is 2.86 bits per heavy atom. The van der Waals surface area contributed by atoms with E-state index in [9.17, 15) is 0 Å². The molecule has 0 saturated heterocycles. The molecule has 0 unspecified atom stereocenters. The molecule has 0 amide bonds. The van der Waals surface area contributed by atoms with Crippen molar-refractivity contribution in [2.75, 3.05) is 6.54 Å². The van der Waals surface area contributed by atoms with Gasteiger partial charge in [0.1, 0.15) is 0 Å². The first-order valence-corrected chi connectivity index (χ1v) is 5.71. The lowest BCUT2D eigenvalue weighted by Crippen LogP contribution is -2.35. The van der Waals surface area contributed by atoms with E-state index in [2.05, 4.69) is 39.4 Å². The van der Waals surface area contributed by atoms with Gasteiger partial charge in [-0.1, -0.05) is 28.1 Å². The zero-order valence-electron chi connectivity index (χ0n) is 8.09. The Balaban J connectivity index is 1.80. The number of nitrogens with one attached hydrogen (secondary N) is 1. The van der Waals surface area contributed by atoms with Crippen LogP contribution in [0.5, 0.6) is 0 Å². The highest BCUT2D eigenvalue weighted by Crippen LogP contribution is 2.31. The Labute approximate surface area is 93.0 Å². The fraction of sp³-hybridized carbons (Fsp3) is 0.455. The lowest BCUT2D eigenvalue weighted by atomic mass is 10.2. The van der Waals surface area contributed by atoms with Crippen molar-refractivity contribution < 1.29 is 0 Å². The van der Waals surface area contributed by atoms with Crippen molar-refractivity contribution >= 4 is 15.9 Å². The lowest BCUT2D eigenvalue weighted by Gasteiger charge is -2.10.